The number of methoxy groups -OCH3 is 1. The number of ether oxygens (including phenoxy) is 1. The summed E-state index contributed by atoms with van der Waals surface area (Å²) in [4.78, 5) is 0. The molecule has 0 saturated carbocycles. The van der Waals surface area contributed by atoms with Crippen LogP contribution in [0.2, 0.25) is 0 Å². The van der Waals surface area contributed by atoms with Gasteiger partial charge in [-0.1, -0.05) is 6.92 Å². The fourth-order valence-corrected chi connectivity index (χ4v) is 0.951. The molecule has 0 aliphatic heterocycles. The zero-order valence-corrected chi connectivity index (χ0v) is 6.83. The molecule has 1 aromatic rings. The van der Waals surface area contributed by atoms with Crippen LogP contribution in [0, 0.1) is 0 Å². The molecule has 0 fully saturated rings. The molecule has 0 amide bonds. The molecular weight excluding hydrogens is 142 g/mol. The lowest BCUT2D eigenvalue weighted by molar-refractivity contribution is 0.400. The molecule has 1 heterocycles. The predicted octanol–water partition coefficient (Wildman–Crippen LogP) is 1.70. The third-order valence-electron chi connectivity index (χ3n) is 1.71. The maximum Gasteiger partial charge on any atom is 0.161 e. The van der Waals surface area contributed by atoms with Crippen LogP contribution in [0.25, 0.3) is 0 Å². The van der Waals surface area contributed by atoms with E-state index in [0.717, 1.165) is 17.7 Å². The molecule has 0 radical (unpaired) electrons. The van der Waals surface area contributed by atoms with Crippen molar-refractivity contribution in [2.75, 3.05) is 7.11 Å². The van der Waals surface area contributed by atoms with Gasteiger partial charge in [0.05, 0.1) is 13.4 Å². The molecule has 0 bridgehead atoms. The van der Waals surface area contributed by atoms with Crippen LogP contribution >= 0.6 is 0 Å². The zero-order chi connectivity index (χ0) is 8.27. The molecular formula is C8H13NO2. The van der Waals surface area contributed by atoms with E-state index in [-0.39, 0.29) is 6.04 Å². The second-order valence-electron chi connectivity index (χ2n) is 2.41. The van der Waals surface area contributed by atoms with E-state index in [1.807, 2.05) is 6.92 Å². The van der Waals surface area contributed by atoms with Crippen molar-refractivity contribution >= 4 is 0 Å². The van der Waals surface area contributed by atoms with Gasteiger partial charge in [-0.15, -0.1) is 0 Å². The van der Waals surface area contributed by atoms with Gasteiger partial charge in [-0.3, -0.25) is 0 Å². The van der Waals surface area contributed by atoms with Gasteiger partial charge >= 0.3 is 0 Å². The van der Waals surface area contributed by atoms with Crippen molar-refractivity contribution in [3.8, 4) is 5.75 Å². The Bertz CT molecular complexity index is 220. The highest BCUT2D eigenvalue weighted by molar-refractivity contribution is 5.30. The van der Waals surface area contributed by atoms with Crippen molar-refractivity contribution < 1.29 is 9.15 Å². The lowest BCUT2D eigenvalue weighted by atomic mass is 10.1. The van der Waals surface area contributed by atoms with Gasteiger partial charge in [-0.05, 0) is 6.42 Å². The van der Waals surface area contributed by atoms with Crippen molar-refractivity contribution in [2.45, 2.75) is 19.4 Å². The first kappa shape index (κ1) is 8.14. The Balaban J connectivity index is 2.83. The first-order chi connectivity index (χ1) is 5.29. The highest BCUT2D eigenvalue weighted by atomic mass is 16.5. The molecule has 1 aromatic heterocycles. The van der Waals surface area contributed by atoms with E-state index >= 15 is 0 Å². The molecule has 1 atom stereocenters. The molecule has 0 unspecified atom stereocenters. The normalized spacial score (nSPS) is 13.0. The zero-order valence-electron chi connectivity index (χ0n) is 6.83. The molecule has 2 N–H and O–H groups in total. The van der Waals surface area contributed by atoms with E-state index in [1.54, 1.807) is 19.6 Å². The Hall–Kier alpha value is -0.960. The van der Waals surface area contributed by atoms with Gasteiger partial charge in [0.25, 0.3) is 0 Å². The summed E-state index contributed by atoms with van der Waals surface area (Å²) in [5, 5.41) is 0. The summed E-state index contributed by atoms with van der Waals surface area (Å²) >= 11 is 0. The van der Waals surface area contributed by atoms with E-state index < -0.39 is 0 Å². The third kappa shape index (κ3) is 1.54. The number of hydrogen-bond acceptors (Lipinski definition) is 3. The maximum atomic E-state index is 5.78. The summed E-state index contributed by atoms with van der Waals surface area (Å²) in [6, 6.07) is 0.0173. The van der Waals surface area contributed by atoms with Gasteiger partial charge in [-0.25, -0.2) is 0 Å². The third-order valence-corrected chi connectivity index (χ3v) is 1.71. The molecule has 1 rings (SSSR count). The second kappa shape index (κ2) is 3.44. The Labute approximate surface area is 66.1 Å². The number of furan rings is 1. The smallest absolute Gasteiger partial charge is 0.161 e. The fraction of sp³-hybridized carbons (Fsp3) is 0.500. The quantitative estimate of drug-likeness (QED) is 0.722. The van der Waals surface area contributed by atoms with Crippen LogP contribution in [0.4, 0.5) is 0 Å². The van der Waals surface area contributed by atoms with Crippen molar-refractivity contribution in [3.05, 3.63) is 18.1 Å². The van der Waals surface area contributed by atoms with Crippen LogP contribution in [-0.2, 0) is 0 Å². The highest BCUT2D eigenvalue weighted by Crippen LogP contribution is 2.25. The van der Waals surface area contributed by atoms with E-state index in [9.17, 15) is 0 Å². The van der Waals surface area contributed by atoms with Gasteiger partial charge in [0, 0.05) is 11.6 Å². The summed E-state index contributed by atoms with van der Waals surface area (Å²) in [7, 11) is 1.61. The van der Waals surface area contributed by atoms with Gasteiger partial charge in [-0.2, -0.15) is 0 Å². The van der Waals surface area contributed by atoms with Crippen molar-refractivity contribution in [1.82, 2.24) is 0 Å². The van der Waals surface area contributed by atoms with Crippen molar-refractivity contribution in [1.29, 1.82) is 0 Å². The van der Waals surface area contributed by atoms with Gasteiger partial charge < -0.3 is 14.9 Å². The van der Waals surface area contributed by atoms with Crippen molar-refractivity contribution in [2.24, 2.45) is 5.73 Å². The highest BCUT2D eigenvalue weighted by Gasteiger charge is 2.11. The number of rotatable bonds is 3. The van der Waals surface area contributed by atoms with Crippen LogP contribution in [-0.4, -0.2) is 7.11 Å². The summed E-state index contributed by atoms with van der Waals surface area (Å²) in [5.41, 5.74) is 6.71. The largest absolute Gasteiger partial charge is 0.493 e. The monoisotopic (exact) mass is 155 g/mol. The first-order valence-corrected chi connectivity index (χ1v) is 3.65. The summed E-state index contributed by atoms with van der Waals surface area (Å²) < 4.78 is 9.99. The molecule has 11 heavy (non-hydrogen) atoms. The van der Waals surface area contributed by atoms with E-state index in [0.29, 0.717) is 0 Å². The lowest BCUT2D eigenvalue weighted by Crippen LogP contribution is -2.08. The first-order valence-electron chi connectivity index (χ1n) is 3.65. The fourth-order valence-electron chi connectivity index (χ4n) is 0.951. The van der Waals surface area contributed by atoms with Gasteiger partial charge in [0.1, 0.15) is 6.26 Å². The average molecular weight is 155 g/mol. The molecule has 0 saturated heterocycles. The second-order valence-corrected chi connectivity index (χ2v) is 2.41. The lowest BCUT2D eigenvalue weighted by Gasteiger charge is -2.06. The molecule has 3 heteroatoms. The minimum Gasteiger partial charge on any atom is -0.493 e. The average Bonchev–Trinajstić information content (AvgIpc) is 2.50. The summed E-state index contributed by atoms with van der Waals surface area (Å²) in [6.45, 7) is 2.02. The molecule has 0 aliphatic rings. The van der Waals surface area contributed by atoms with Gasteiger partial charge in [0.2, 0.25) is 0 Å². The molecule has 0 aromatic carbocycles. The SMILES string of the molecule is CC[C@H](N)c1cocc1OC. The van der Waals surface area contributed by atoms with E-state index in [2.05, 4.69) is 0 Å². The van der Waals surface area contributed by atoms with E-state index in [1.165, 1.54) is 0 Å². The Kier molecular flexibility index (Phi) is 2.54. The van der Waals surface area contributed by atoms with Crippen LogP contribution in [0.1, 0.15) is 24.9 Å². The minimum absolute atomic E-state index is 0.0173. The molecule has 62 valence electrons. The standard InChI is InChI=1S/C8H13NO2/c1-3-7(9)6-4-11-5-8(6)10-2/h4-5,7H,3,9H2,1-2H3/t7-/m0/s1. The number of nitrogens with two attached hydrogens (primary N) is 1. The Morgan fingerprint density at radius 1 is 1.64 bits per heavy atom. The minimum atomic E-state index is 0.0173. The Morgan fingerprint density at radius 3 is 2.91 bits per heavy atom. The Morgan fingerprint density at radius 2 is 2.36 bits per heavy atom. The topological polar surface area (TPSA) is 48.4 Å². The summed E-state index contributed by atoms with van der Waals surface area (Å²) in [5.74, 6) is 0.736. The predicted molar refractivity (Wildman–Crippen MR) is 42.5 cm³/mol. The van der Waals surface area contributed by atoms with Crippen LogP contribution < -0.4 is 10.5 Å². The molecule has 0 aliphatic carbocycles. The molecule has 0 spiro atoms. The van der Waals surface area contributed by atoms with Crippen molar-refractivity contribution in [3.63, 3.8) is 0 Å². The molecule has 3 nitrogen and oxygen atoms in total. The van der Waals surface area contributed by atoms with Gasteiger partial charge in [0.15, 0.2) is 5.75 Å². The summed E-state index contributed by atoms with van der Waals surface area (Å²) in [6.07, 6.45) is 4.08. The number of hydrogen-bond donors (Lipinski definition) is 1. The van der Waals surface area contributed by atoms with E-state index in [4.69, 9.17) is 14.9 Å². The van der Waals surface area contributed by atoms with Crippen LogP contribution in [0.15, 0.2) is 16.9 Å². The van der Waals surface area contributed by atoms with Crippen LogP contribution in [0.5, 0.6) is 5.75 Å². The van der Waals surface area contributed by atoms with Crippen LogP contribution in [0.3, 0.4) is 0 Å². The maximum absolute atomic E-state index is 5.78.